The standard InChI is InChI=1S/C14H16F3NO3/c1-9(19)13(20)10-2-3-12(11(8-10)14(15,16)17)18-4-6-21-7-5-18/h2-3,8-9,19H,4-7H2,1H3. The second kappa shape index (κ2) is 6.03. The first-order valence-electron chi connectivity index (χ1n) is 6.57. The summed E-state index contributed by atoms with van der Waals surface area (Å²) < 4.78 is 44.8. The maximum Gasteiger partial charge on any atom is 0.418 e. The number of halogens is 3. The number of aliphatic hydroxyl groups excluding tert-OH is 1. The molecule has 1 unspecified atom stereocenters. The van der Waals surface area contributed by atoms with Gasteiger partial charge in [-0.1, -0.05) is 0 Å². The van der Waals surface area contributed by atoms with Crippen molar-refractivity contribution in [3.8, 4) is 0 Å². The van der Waals surface area contributed by atoms with E-state index in [1.807, 2.05) is 0 Å². The first-order chi connectivity index (χ1) is 9.80. The summed E-state index contributed by atoms with van der Waals surface area (Å²) in [5.74, 6) is -0.728. The average molecular weight is 303 g/mol. The Kier molecular flexibility index (Phi) is 4.53. The van der Waals surface area contributed by atoms with Crippen LogP contribution in [-0.4, -0.2) is 43.3 Å². The fourth-order valence-corrected chi connectivity index (χ4v) is 2.24. The van der Waals surface area contributed by atoms with Gasteiger partial charge in [-0.25, -0.2) is 0 Å². The van der Waals surface area contributed by atoms with Gasteiger partial charge < -0.3 is 14.7 Å². The predicted octanol–water partition coefficient (Wildman–Crippen LogP) is 2.11. The summed E-state index contributed by atoms with van der Waals surface area (Å²) >= 11 is 0. The highest BCUT2D eigenvalue weighted by Gasteiger charge is 2.36. The molecule has 0 bridgehead atoms. The number of hydrogen-bond donors (Lipinski definition) is 1. The Morgan fingerprint density at radius 3 is 2.48 bits per heavy atom. The van der Waals surface area contributed by atoms with E-state index < -0.39 is 23.6 Å². The molecule has 1 atom stereocenters. The molecule has 1 aromatic carbocycles. The minimum Gasteiger partial charge on any atom is -0.385 e. The van der Waals surface area contributed by atoms with Gasteiger partial charge in [-0.2, -0.15) is 13.2 Å². The minimum atomic E-state index is -4.57. The normalized spacial score (nSPS) is 17.7. The van der Waals surface area contributed by atoms with Gasteiger partial charge in [0.25, 0.3) is 0 Å². The third-order valence-corrected chi connectivity index (χ3v) is 3.32. The number of aliphatic hydroxyl groups is 1. The highest BCUT2D eigenvalue weighted by Crippen LogP contribution is 2.37. The summed E-state index contributed by atoms with van der Waals surface area (Å²) in [6, 6.07) is 3.40. The molecule has 1 saturated heterocycles. The van der Waals surface area contributed by atoms with Crippen LogP contribution in [0.3, 0.4) is 0 Å². The Balaban J connectivity index is 2.43. The number of morpholine rings is 1. The Hall–Kier alpha value is -1.60. The zero-order chi connectivity index (χ0) is 15.6. The monoisotopic (exact) mass is 303 g/mol. The molecule has 0 amide bonds. The van der Waals surface area contributed by atoms with Gasteiger partial charge in [0.2, 0.25) is 0 Å². The SMILES string of the molecule is CC(O)C(=O)c1ccc(N2CCOCC2)c(C(F)(F)F)c1. The summed E-state index contributed by atoms with van der Waals surface area (Å²) in [5, 5.41) is 9.23. The highest BCUT2D eigenvalue weighted by atomic mass is 19.4. The fraction of sp³-hybridized carbons (Fsp3) is 0.500. The fourth-order valence-electron chi connectivity index (χ4n) is 2.24. The smallest absolute Gasteiger partial charge is 0.385 e. The molecule has 0 aliphatic carbocycles. The molecule has 1 aliphatic rings. The van der Waals surface area contributed by atoms with Crippen LogP contribution in [0.4, 0.5) is 18.9 Å². The van der Waals surface area contributed by atoms with Crippen molar-refractivity contribution in [3.63, 3.8) is 0 Å². The number of nitrogens with zero attached hydrogens (tertiary/aromatic N) is 1. The number of ketones is 1. The van der Waals surface area contributed by atoms with E-state index in [9.17, 15) is 23.1 Å². The van der Waals surface area contributed by atoms with Crippen molar-refractivity contribution in [3.05, 3.63) is 29.3 Å². The first kappa shape index (κ1) is 15.8. The number of hydrogen-bond acceptors (Lipinski definition) is 4. The van der Waals surface area contributed by atoms with E-state index in [0.717, 1.165) is 6.07 Å². The molecule has 21 heavy (non-hydrogen) atoms. The Bertz CT molecular complexity index is 523. The van der Waals surface area contributed by atoms with Crippen molar-refractivity contribution in [2.75, 3.05) is 31.2 Å². The zero-order valence-electron chi connectivity index (χ0n) is 11.5. The zero-order valence-corrected chi connectivity index (χ0v) is 11.5. The topological polar surface area (TPSA) is 49.8 Å². The van der Waals surface area contributed by atoms with Crippen molar-refractivity contribution < 1.29 is 27.8 Å². The van der Waals surface area contributed by atoms with Crippen LogP contribution in [0.2, 0.25) is 0 Å². The van der Waals surface area contributed by atoms with Gasteiger partial charge in [-0.15, -0.1) is 0 Å². The summed E-state index contributed by atoms with van der Waals surface area (Å²) in [5.41, 5.74) is -0.974. The third kappa shape index (κ3) is 3.54. The van der Waals surface area contributed by atoms with Gasteiger partial charge in [0.05, 0.1) is 18.8 Å². The molecule has 1 heterocycles. The van der Waals surface area contributed by atoms with Gasteiger partial charge in [-0.3, -0.25) is 4.79 Å². The number of anilines is 1. The van der Waals surface area contributed by atoms with Crippen LogP contribution in [0.5, 0.6) is 0 Å². The molecule has 0 aromatic heterocycles. The summed E-state index contributed by atoms with van der Waals surface area (Å²) in [4.78, 5) is 13.2. The van der Waals surface area contributed by atoms with Crippen LogP contribution in [0.1, 0.15) is 22.8 Å². The maximum atomic E-state index is 13.2. The lowest BCUT2D eigenvalue weighted by molar-refractivity contribution is -0.137. The number of alkyl halides is 3. The van der Waals surface area contributed by atoms with Crippen molar-refractivity contribution >= 4 is 11.5 Å². The number of Topliss-reactive ketones (excluding diaryl/α,β-unsaturated/α-hetero) is 1. The molecule has 1 aromatic rings. The maximum absolute atomic E-state index is 13.2. The minimum absolute atomic E-state index is 0.0351. The Morgan fingerprint density at radius 1 is 1.33 bits per heavy atom. The lowest BCUT2D eigenvalue weighted by Crippen LogP contribution is -2.37. The Morgan fingerprint density at radius 2 is 1.95 bits per heavy atom. The number of carbonyl (C=O) groups is 1. The second-order valence-electron chi connectivity index (χ2n) is 4.87. The molecule has 1 N–H and O–H groups in total. The number of carbonyl (C=O) groups excluding carboxylic acids is 1. The van der Waals surface area contributed by atoms with Crippen molar-refractivity contribution in [1.29, 1.82) is 0 Å². The van der Waals surface area contributed by atoms with Crippen molar-refractivity contribution in [1.82, 2.24) is 0 Å². The van der Waals surface area contributed by atoms with Crippen LogP contribution in [0, 0.1) is 0 Å². The van der Waals surface area contributed by atoms with E-state index in [2.05, 4.69) is 0 Å². The first-order valence-corrected chi connectivity index (χ1v) is 6.57. The average Bonchev–Trinajstić information content (AvgIpc) is 2.45. The van der Waals surface area contributed by atoms with Crippen molar-refractivity contribution in [2.45, 2.75) is 19.2 Å². The van der Waals surface area contributed by atoms with Crippen LogP contribution in [0.25, 0.3) is 0 Å². The molecule has 0 saturated carbocycles. The summed E-state index contributed by atoms with van der Waals surface area (Å²) in [6.45, 7) is 2.70. The summed E-state index contributed by atoms with van der Waals surface area (Å²) in [6.07, 6.45) is -5.90. The molecule has 0 radical (unpaired) electrons. The number of ether oxygens (including phenoxy) is 1. The van der Waals surface area contributed by atoms with E-state index in [4.69, 9.17) is 4.74 Å². The third-order valence-electron chi connectivity index (χ3n) is 3.32. The molecule has 2 rings (SSSR count). The van der Waals surface area contributed by atoms with E-state index in [0.29, 0.717) is 26.3 Å². The van der Waals surface area contributed by atoms with Gasteiger partial charge in [-0.05, 0) is 25.1 Å². The largest absolute Gasteiger partial charge is 0.418 e. The molecule has 1 aliphatic heterocycles. The van der Waals surface area contributed by atoms with E-state index in [-0.39, 0.29) is 11.3 Å². The molecular weight excluding hydrogens is 287 g/mol. The number of benzene rings is 1. The predicted molar refractivity (Wildman–Crippen MR) is 70.5 cm³/mol. The van der Waals surface area contributed by atoms with E-state index in [1.54, 1.807) is 4.90 Å². The summed E-state index contributed by atoms with van der Waals surface area (Å²) in [7, 11) is 0. The van der Waals surface area contributed by atoms with Gasteiger partial charge in [0.1, 0.15) is 6.10 Å². The lowest BCUT2D eigenvalue weighted by atomic mass is 10.0. The van der Waals surface area contributed by atoms with E-state index in [1.165, 1.54) is 19.1 Å². The van der Waals surface area contributed by atoms with Crippen LogP contribution in [0.15, 0.2) is 18.2 Å². The van der Waals surface area contributed by atoms with Gasteiger partial charge >= 0.3 is 6.18 Å². The quantitative estimate of drug-likeness (QED) is 0.869. The second-order valence-corrected chi connectivity index (χ2v) is 4.87. The number of rotatable bonds is 3. The van der Waals surface area contributed by atoms with Gasteiger partial charge in [0, 0.05) is 24.3 Å². The highest BCUT2D eigenvalue weighted by molar-refractivity contribution is 5.99. The van der Waals surface area contributed by atoms with Gasteiger partial charge in [0.15, 0.2) is 5.78 Å². The molecule has 1 fully saturated rings. The van der Waals surface area contributed by atoms with Crippen molar-refractivity contribution in [2.24, 2.45) is 0 Å². The van der Waals surface area contributed by atoms with Crippen LogP contribution in [-0.2, 0) is 10.9 Å². The molecule has 4 nitrogen and oxygen atoms in total. The lowest BCUT2D eigenvalue weighted by Gasteiger charge is -2.31. The molecular formula is C14H16F3NO3. The Labute approximate surface area is 120 Å². The van der Waals surface area contributed by atoms with Crippen LogP contribution >= 0.6 is 0 Å². The van der Waals surface area contributed by atoms with Crippen LogP contribution < -0.4 is 4.90 Å². The van der Waals surface area contributed by atoms with E-state index >= 15 is 0 Å². The molecule has 116 valence electrons. The molecule has 0 spiro atoms. The molecule has 7 heteroatoms.